The van der Waals surface area contributed by atoms with Gasteiger partial charge in [-0.2, -0.15) is 0 Å². The van der Waals surface area contributed by atoms with Crippen molar-refractivity contribution >= 4 is 22.6 Å². The molecule has 2 aromatic carbocycles. The van der Waals surface area contributed by atoms with Crippen LogP contribution in [0.1, 0.15) is 66.2 Å². The zero-order chi connectivity index (χ0) is 25.5. The molecule has 0 radical (unpaired) electrons. The number of ether oxygens (including phenoxy) is 2. The molecule has 1 unspecified atom stereocenters. The number of unbranched alkanes of at least 4 members (excludes halogenated alkanes) is 3. The molecule has 2 heterocycles. The van der Waals surface area contributed by atoms with Gasteiger partial charge in [0.15, 0.2) is 0 Å². The molecule has 9 heteroatoms. The summed E-state index contributed by atoms with van der Waals surface area (Å²) in [7, 11) is 0. The van der Waals surface area contributed by atoms with Crippen molar-refractivity contribution < 1.29 is 29.3 Å². The zero-order valence-corrected chi connectivity index (χ0v) is 20.4. The Labute approximate surface area is 209 Å². The fraction of sp³-hybridized carbons (Fsp3) is 0.407. The second-order valence-electron chi connectivity index (χ2n) is 8.90. The van der Waals surface area contributed by atoms with Crippen molar-refractivity contribution in [2.45, 2.75) is 58.1 Å². The first kappa shape index (κ1) is 25.4. The van der Waals surface area contributed by atoms with Crippen LogP contribution in [0.3, 0.4) is 0 Å². The van der Waals surface area contributed by atoms with Crippen molar-refractivity contribution in [3.05, 3.63) is 53.6 Å². The van der Waals surface area contributed by atoms with Crippen LogP contribution < -0.4 is 4.74 Å². The molecule has 0 saturated carbocycles. The average Bonchev–Trinajstić information content (AvgIpc) is 3.50. The fourth-order valence-corrected chi connectivity index (χ4v) is 4.23. The summed E-state index contributed by atoms with van der Waals surface area (Å²) in [5.74, 6) is -0.973. The lowest BCUT2D eigenvalue weighted by molar-refractivity contribution is 0.0930. The van der Waals surface area contributed by atoms with Crippen LogP contribution in [0.5, 0.6) is 17.5 Å². The number of aromatic nitrogens is 1. The van der Waals surface area contributed by atoms with E-state index in [1.54, 1.807) is 24.3 Å². The van der Waals surface area contributed by atoms with E-state index in [0.29, 0.717) is 36.3 Å². The van der Waals surface area contributed by atoms with Gasteiger partial charge >= 0.3 is 0 Å². The van der Waals surface area contributed by atoms with E-state index in [1.165, 1.54) is 29.2 Å². The molecule has 3 aromatic rings. The first-order chi connectivity index (χ1) is 17.5. The number of nitrogens with zero attached hydrogens (tertiary/aromatic N) is 3. The van der Waals surface area contributed by atoms with E-state index < -0.39 is 11.8 Å². The molecule has 1 aliphatic rings. The normalized spacial score (nSPS) is 15.6. The van der Waals surface area contributed by atoms with Crippen molar-refractivity contribution in [3.8, 4) is 17.5 Å². The molecule has 1 fully saturated rings. The van der Waals surface area contributed by atoms with Crippen molar-refractivity contribution in [2.24, 2.45) is 10.2 Å². The highest BCUT2D eigenvalue weighted by molar-refractivity contribution is 6.03. The number of fused-ring (bicyclic) bond motifs is 1. The highest BCUT2D eigenvalue weighted by atomic mass is 16.5. The standard InChI is InChI=1S/C27H31N3O6/c1-2-3-4-5-14-35-20-11-8-18(9-12-20)24(31)28-29-25(32)19-10-13-22-23(16-19)27(34)30(26(22)33)17-21-7-6-15-36-21/h8-13,16,21,33-34H,2-7,14-15,17H2,1H3. The molecule has 1 atom stereocenters. The molecular weight excluding hydrogens is 462 g/mol. The van der Waals surface area contributed by atoms with Gasteiger partial charge in [0, 0.05) is 28.5 Å². The van der Waals surface area contributed by atoms with Gasteiger partial charge in [-0.1, -0.05) is 26.2 Å². The number of hydrogen-bond acceptors (Lipinski definition) is 6. The summed E-state index contributed by atoms with van der Waals surface area (Å²) < 4.78 is 12.6. The molecule has 4 rings (SSSR count). The van der Waals surface area contributed by atoms with E-state index in [4.69, 9.17) is 9.47 Å². The Bertz CT molecular complexity index is 1240. The molecule has 0 bridgehead atoms. The van der Waals surface area contributed by atoms with Crippen molar-refractivity contribution in [3.63, 3.8) is 0 Å². The Morgan fingerprint density at radius 1 is 0.972 bits per heavy atom. The summed E-state index contributed by atoms with van der Waals surface area (Å²) in [5.41, 5.74) is 0.421. The van der Waals surface area contributed by atoms with Gasteiger partial charge in [-0.25, -0.2) is 0 Å². The number of amides is 2. The van der Waals surface area contributed by atoms with Gasteiger partial charge in [-0.3, -0.25) is 14.2 Å². The summed E-state index contributed by atoms with van der Waals surface area (Å²) in [6.45, 7) is 3.75. The lowest BCUT2D eigenvalue weighted by Gasteiger charge is -2.12. The van der Waals surface area contributed by atoms with Crippen LogP contribution >= 0.6 is 0 Å². The molecule has 1 saturated heterocycles. The summed E-state index contributed by atoms with van der Waals surface area (Å²) in [5, 5.41) is 29.0. The van der Waals surface area contributed by atoms with Gasteiger partial charge in [0.1, 0.15) is 5.75 Å². The van der Waals surface area contributed by atoms with Crippen LogP contribution in [0.15, 0.2) is 52.7 Å². The number of carbonyl (C=O) groups is 2. The maximum absolute atomic E-state index is 12.5. The molecule has 2 amide bonds. The summed E-state index contributed by atoms with van der Waals surface area (Å²) in [4.78, 5) is 24.9. The molecule has 9 nitrogen and oxygen atoms in total. The van der Waals surface area contributed by atoms with Gasteiger partial charge < -0.3 is 19.7 Å². The van der Waals surface area contributed by atoms with Crippen molar-refractivity contribution in [1.29, 1.82) is 0 Å². The van der Waals surface area contributed by atoms with Gasteiger partial charge in [-0.05, 0) is 61.7 Å². The maximum atomic E-state index is 12.5. The van der Waals surface area contributed by atoms with Gasteiger partial charge in [0.2, 0.25) is 11.8 Å². The molecule has 190 valence electrons. The molecule has 2 N–H and O–H groups in total. The minimum absolute atomic E-state index is 0.0871. The minimum Gasteiger partial charge on any atom is -0.494 e. The van der Waals surface area contributed by atoms with Crippen LogP contribution in [-0.2, 0) is 11.3 Å². The predicted molar refractivity (Wildman–Crippen MR) is 134 cm³/mol. The van der Waals surface area contributed by atoms with Crippen molar-refractivity contribution in [1.82, 2.24) is 4.57 Å². The number of azo groups is 1. The lowest BCUT2D eigenvalue weighted by Crippen LogP contribution is -2.14. The van der Waals surface area contributed by atoms with Crippen LogP contribution in [0.2, 0.25) is 0 Å². The maximum Gasteiger partial charge on any atom is 0.295 e. The Morgan fingerprint density at radius 2 is 1.67 bits per heavy atom. The molecule has 1 aromatic heterocycles. The molecule has 0 aliphatic carbocycles. The first-order valence-electron chi connectivity index (χ1n) is 12.4. The summed E-state index contributed by atoms with van der Waals surface area (Å²) in [6, 6.07) is 11.0. The first-order valence-corrected chi connectivity index (χ1v) is 12.4. The van der Waals surface area contributed by atoms with E-state index >= 15 is 0 Å². The summed E-state index contributed by atoms with van der Waals surface area (Å²) in [6.07, 6.45) is 6.14. The van der Waals surface area contributed by atoms with Gasteiger partial charge in [0.05, 0.1) is 19.3 Å². The number of aromatic hydroxyl groups is 2. The molecule has 0 spiro atoms. The molecule has 1 aliphatic heterocycles. The Balaban J connectivity index is 1.39. The number of rotatable bonds is 10. The van der Waals surface area contributed by atoms with Crippen molar-refractivity contribution in [2.75, 3.05) is 13.2 Å². The fourth-order valence-electron chi connectivity index (χ4n) is 4.23. The second-order valence-corrected chi connectivity index (χ2v) is 8.90. The highest BCUT2D eigenvalue weighted by Gasteiger charge is 2.23. The molecular formula is C27H31N3O6. The third-order valence-electron chi connectivity index (χ3n) is 6.27. The van der Waals surface area contributed by atoms with E-state index in [-0.39, 0.29) is 29.0 Å². The third-order valence-corrected chi connectivity index (χ3v) is 6.27. The Kier molecular flexibility index (Phi) is 8.32. The molecule has 36 heavy (non-hydrogen) atoms. The van der Waals surface area contributed by atoms with Crippen LogP contribution in [-0.4, -0.2) is 45.9 Å². The van der Waals surface area contributed by atoms with E-state index in [1.807, 2.05) is 0 Å². The van der Waals surface area contributed by atoms with Gasteiger partial charge in [0.25, 0.3) is 11.8 Å². The van der Waals surface area contributed by atoms with Crippen LogP contribution in [0.4, 0.5) is 0 Å². The second kappa shape index (κ2) is 11.8. The third kappa shape index (κ3) is 5.91. The predicted octanol–water partition coefficient (Wildman–Crippen LogP) is 5.62. The topological polar surface area (TPSA) is 123 Å². The SMILES string of the molecule is CCCCCCOc1ccc(C(=O)N=NC(=O)c2ccc3c(O)n(CC4CCCO4)c(O)c3c2)cc1. The monoisotopic (exact) mass is 493 g/mol. The van der Waals surface area contributed by atoms with E-state index in [2.05, 4.69) is 17.2 Å². The number of benzene rings is 2. The number of hydrogen-bond donors (Lipinski definition) is 2. The zero-order valence-electron chi connectivity index (χ0n) is 20.4. The Hall–Kier alpha value is -3.72. The van der Waals surface area contributed by atoms with Gasteiger partial charge in [-0.15, -0.1) is 10.2 Å². The smallest absolute Gasteiger partial charge is 0.295 e. The highest BCUT2D eigenvalue weighted by Crippen LogP contribution is 2.37. The average molecular weight is 494 g/mol. The number of carbonyl (C=O) groups excluding carboxylic acids is 2. The van der Waals surface area contributed by atoms with Crippen LogP contribution in [0, 0.1) is 0 Å². The Morgan fingerprint density at radius 3 is 2.36 bits per heavy atom. The van der Waals surface area contributed by atoms with E-state index in [9.17, 15) is 19.8 Å². The minimum atomic E-state index is -0.733. The largest absolute Gasteiger partial charge is 0.494 e. The summed E-state index contributed by atoms with van der Waals surface area (Å²) >= 11 is 0. The van der Waals surface area contributed by atoms with E-state index in [0.717, 1.165) is 32.1 Å². The quantitative estimate of drug-likeness (QED) is 0.279. The lowest BCUT2D eigenvalue weighted by atomic mass is 10.1. The van der Waals surface area contributed by atoms with Crippen LogP contribution in [0.25, 0.3) is 10.8 Å².